The highest BCUT2D eigenvalue weighted by Crippen LogP contribution is 2.66. The second kappa shape index (κ2) is 18.3. The van der Waals surface area contributed by atoms with Crippen LogP contribution in [0.4, 0.5) is 16.2 Å². The number of nitrogens with zero attached hydrogens (tertiary/aromatic N) is 3. The number of esters is 1. The van der Waals surface area contributed by atoms with Gasteiger partial charge in [0.2, 0.25) is 11.8 Å². The van der Waals surface area contributed by atoms with Crippen LogP contribution < -0.4 is 20.1 Å². The number of nitro benzene ring substituents is 1. The maximum atomic E-state index is 16.2. The Morgan fingerprint density at radius 2 is 1.46 bits per heavy atom. The van der Waals surface area contributed by atoms with Gasteiger partial charge in [0.1, 0.15) is 42.3 Å². The molecule has 3 aliphatic rings. The van der Waals surface area contributed by atoms with Gasteiger partial charge in [-0.05, 0) is 82.9 Å². The van der Waals surface area contributed by atoms with Gasteiger partial charge in [-0.3, -0.25) is 29.4 Å². The number of hydrogen-bond acceptors (Lipinski definition) is 12. The number of cyclic esters (lactones) is 1. The zero-order chi connectivity index (χ0) is 46.8. The number of primary amides is 1. The number of nitro groups is 1. The van der Waals surface area contributed by atoms with Gasteiger partial charge >= 0.3 is 12.1 Å². The van der Waals surface area contributed by atoms with Crippen molar-refractivity contribution in [2.75, 3.05) is 25.2 Å². The number of non-ortho nitro benzene ring substituents is 1. The maximum absolute atomic E-state index is 16.2. The van der Waals surface area contributed by atoms with Crippen LogP contribution in [0.5, 0.6) is 11.5 Å². The summed E-state index contributed by atoms with van der Waals surface area (Å²) in [6.07, 6.45) is -2.11. The van der Waals surface area contributed by atoms with Crippen LogP contribution in [-0.2, 0) is 35.9 Å². The average molecular weight is 899 g/mol. The van der Waals surface area contributed by atoms with Gasteiger partial charge in [0.15, 0.2) is 0 Å². The van der Waals surface area contributed by atoms with Crippen molar-refractivity contribution in [3.8, 4) is 23.3 Å². The van der Waals surface area contributed by atoms with Gasteiger partial charge < -0.3 is 29.8 Å². The van der Waals surface area contributed by atoms with E-state index in [-0.39, 0.29) is 42.5 Å². The Bertz CT molecular complexity index is 2940. The molecule has 67 heavy (non-hydrogen) atoms. The van der Waals surface area contributed by atoms with E-state index in [0.717, 1.165) is 4.90 Å². The Balaban J connectivity index is 1.30. The molecule has 3 amide bonds. The first-order chi connectivity index (χ1) is 32.6. The highest BCUT2D eigenvalue weighted by atomic mass is 16.6. The molecule has 2 fully saturated rings. The number of aliphatic hydroxyl groups excluding tert-OH is 1. The summed E-state index contributed by atoms with van der Waals surface area (Å²) >= 11 is 0. The monoisotopic (exact) mass is 898 g/mol. The number of carbonyl (C=O) groups excluding carboxylic acids is 4. The summed E-state index contributed by atoms with van der Waals surface area (Å²) in [7, 11) is 1.56. The van der Waals surface area contributed by atoms with E-state index in [0.29, 0.717) is 39.1 Å². The fourth-order valence-corrected chi connectivity index (χ4v) is 9.70. The molecule has 2 saturated heterocycles. The Hall–Kier alpha value is -8.32. The molecular formula is C52H42N4O11. The third-order valence-corrected chi connectivity index (χ3v) is 12.5. The molecule has 6 aromatic carbocycles. The van der Waals surface area contributed by atoms with Crippen molar-refractivity contribution in [3.63, 3.8) is 0 Å². The SMILES string of the molecule is COc1ccc(C#Cc2ccc3c(c2)C2(C(=O)N3C(=O)OCc3ccc([N+](=O)[O-])cc3)C(C(N)=O)C3C(=O)OC(c4ccccc4)C(c4ccccc4)N3C2c2ccccc2OCCO)cc1. The van der Waals surface area contributed by atoms with Crippen LogP contribution in [0, 0.1) is 27.9 Å². The Morgan fingerprint density at radius 3 is 2.12 bits per heavy atom. The normalized spacial score (nSPS) is 21.6. The molecule has 6 aromatic rings. The second-order valence-corrected chi connectivity index (χ2v) is 16.1. The lowest BCUT2D eigenvalue weighted by Gasteiger charge is -2.46. The van der Waals surface area contributed by atoms with Crippen LogP contribution >= 0.6 is 0 Å². The molecule has 336 valence electrons. The molecular weight excluding hydrogens is 857 g/mol. The van der Waals surface area contributed by atoms with Gasteiger partial charge in [0, 0.05) is 28.8 Å². The number of imide groups is 1. The van der Waals surface area contributed by atoms with Crippen molar-refractivity contribution in [2.24, 2.45) is 11.7 Å². The molecule has 15 heteroatoms. The summed E-state index contributed by atoms with van der Waals surface area (Å²) < 4.78 is 23.7. The van der Waals surface area contributed by atoms with E-state index in [2.05, 4.69) is 11.8 Å². The molecule has 3 N–H and O–H groups in total. The van der Waals surface area contributed by atoms with Crippen LogP contribution in [0.25, 0.3) is 0 Å². The summed E-state index contributed by atoms with van der Waals surface area (Å²) in [6.45, 7) is -0.889. The highest BCUT2D eigenvalue weighted by Gasteiger charge is 2.76. The number of ether oxygens (including phenoxy) is 4. The molecule has 0 aromatic heterocycles. The number of nitrogens with two attached hydrogens (primary N) is 1. The Labute approximate surface area is 384 Å². The lowest BCUT2D eigenvalue weighted by Crippen LogP contribution is -2.55. The first-order valence-electron chi connectivity index (χ1n) is 21.3. The molecule has 0 saturated carbocycles. The molecule has 3 heterocycles. The van der Waals surface area contributed by atoms with E-state index in [1.165, 1.54) is 30.3 Å². The number of rotatable bonds is 11. The maximum Gasteiger partial charge on any atom is 0.421 e. The topological polar surface area (TPSA) is 201 Å². The summed E-state index contributed by atoms with van der Waals surface area (Å²) in [6, 6.07) is 38.7. The molecule has 0 bridgehead atoms. The van der Waals surface area contributed by atoms with Crippen molar-refractivity contribution in [1.29, 1.82) is 0 Å². The lowest BCUT2D eigenvalue weighted by atomic mass is 9.65. The number of amides is 3. The molecule has 6 atom stereocenters. The van der Waals surface area contributed by atoms with Crippen LogP contribution in [0.15, 0.2) is 152 Å². The summed E-state index contributed by atoms with van der Waals surface area (Å²) in [5.41, 5.74) is 7.44. The van der Waals surface area contributed by atoms with Crippen LogP contribution in [0.2, 0.25) is 0 Å². The fourth-order valence-electron chi connectivity index (χ4n) is 9.70. The van der Waals surface area contributed by atoms with Gasteiger partial charge in [-0.2, -0.15) is 0 Å². The molecule has 9 rings (SSSR count). The third-order valence-electron chi connectivity index (χ3n) is 12.5. The first-order valence-corrected chi connectivity index (χ1v) is 21.3. The molecule has 6 unspecified atom stereocenters. The quantitative estimate of drug-likeness (QED) is 0.0593. The van der Waals surface area contributed by atoms with Gasteiger partial charge in [0.05, 0.1) is 42.3 Å². The third kappa shape index (κ3) is 7.77. The fraction of sp³-hybridized carbons (Fsp3) is 0.192. The molecule has 15 nitrogen and oxygen atoms in total. The van der Waals surface area contributed by atoms with Crippen molar-refractivity contribution < 1.29 is 48.2 Å². The number of para-hydroxylation sites is 1. The molecule has 0 aliphatic carbocycles. The number of aliphatic hydroxyl groups is 1. The number of benzene rings is 6. The number of methoxy groups -OCH3 is 1. The minimum atomic E-state index is -2.19. The second-order valence-electron chi connectivity index (χ2n) is 16.1. The van der Waals surface area contributed by atoms with Gasteiger partial charge in [0.25, 0.3) is 5.69 Å². The van der Waals surface area contributed by atoms with E-state index in [4.69, 9.17) is 24.7 Å². The standard InChI is InChI=1S/C52H42N4O11/c1-64-38-25-20-32(21-26-38)16-17-33-22-27-41-40(30-33)52(50(60)54(41)51(61)66-31-34-18-23-37(24-19-34)56(62)63)43(48(53)58)45-49(59)67-46(36-12-6-3-7-13-36)44(35-10-4-2-5-11-35)55(45)47(52)39-14-8-9-15-42(39)65-29-28-57/h2-15,18-27,30,43-47,57H,28-29,31H2,1H3,(H2,53,58). The Morgan fingerprint density at radius 1 is 0.821 bits per heavy atom. The van der Waals surface area contributed by atoms with E-state index >= 15 is 9.59 Å². The predicted molar refractivity (Wildman–Crippen MR) is 242 cm³/mol. The number of hydrogen-bond donors (Lipinski definition) is 2. The van der Waals surface area contributed by atoms with Crippen LogP contribution in [0.1, 0.15) is 57.1 Å². The van der Waals surface area contributed by atoms with E-state index in [1.54, 1.807) is 72.7 Å². The van der Waals surface area contributed by atoms with Gasteiger partial charge in [-0.1, -0.05) is 90.7 Å². The largest absolute Gasteiger partial charge is 0.497 e. The summed E-state index contributed by atoms with van der Waals surface area (Å²) in [4.78, 5) is 73.9. The lowest BCUT2D eigenvalue weighted by molar-refractivity contribution is -0.384. The molecule has 1 spiro atoms. The molecule has 0 radical (unpaired) electrons. The number of morpholine rings is 1. The Kier molecular flexibility index (Phi) is 12.0. The number of carbonyl (C=O) groups is 4. The highest BCUT2D eigenvalue weighted by molar-refractivity contribution is 6.23. The smallest absolute Gasteiger partial charge is 0.421 e. The van der Waals surface area contributed by atoms with E-state index in [1.807, 2.05) is 60.7 Å². The first kappa shape index (κ1) is 43.9. The number of anilines is 1. The average Bonchev–Trinajstić information content (AvgIpc) is 3.81. The molecule has 3 aliphatic heterocycles. The van der Waals surface area contributed by atoms with Crippen LogP contribution in [0.3, 0.4) is 0 Å². The minimum Gasteiger partial charge on any atom is -0.497 e. The van der Waals surface area contributed by atoms with E-state index < -0.39 is 64.4 Å². The summed E-state index contributed by atoms with van der Waals surface area (Å²) in [5, 5.41) is 21.3. The zero-order valence-electron chi connectivity index (χ0n) is 35.9. The van der Waals surface area contributed by atoms with Gasteiger partial charge in [-0.15, -0.1) is 0 Å². The zero-order valence-corrected chi connectivity index (χ0v) is 35.9. The van der Waals surface area contributed by atoms with Crippen molar-refractivity contribution >= 4 is 35.3 Å². The predicted octanol–water partition coefficient (Wildman–Crippen LogP) is 6.86. The van der Waals surface area contributed by atoms with Gasteiger partial charge in [-0.25, -0.2) is 9.69 Å². The van der Waals surface area contributed by atoms with Crippen molar-refractivity contribution in [3.05, 3.63) is 201 Å². The van der Waals surface area contributed by atoms with E-state index in [9.17, 15) is 24.8 Å². The number of fused-ring (bicyclic) bond motifs is 3. The summed E-state index contributed by atoms with van der Waals surface area (Å²) in [5.74, 6) is 2.70. The van der Waals surface area contributed by atoms with Crippen molar-refractivity contribution in [1.82, 2.24) is 4.90 Å². The van der Waals surface area contributed by atoms with Crippen LogP contribution in [-0.4, -0.2) is 65.2 Å². The minimum absolute atomic E-state index is 0.0442. The van der Waals surface area contributed by atoms with Crippen molar-refractivity contribution in [2.45, 2.75) is 36.3 Å².